The minimum Gasteiger partial charge on any atom is -0.508 e. The van der Waals surface area contributed by atoms with E-state index in [1.807, 2.05) is 12.1 Å². The van der Waals surface area contributed by atoms with Crippen LogP contribution in [0.3, 0.4) is 0 Å². The first-order chi connectivity index (χ1) is 15.7. The Kier molecular flexibility index (Phi) is 22.7. The molecular formula is C30H56OPW+. The molecule has 33 heavy (non-hydrogen) atoms. The molecule has 0 aromatic heterocycles. The number of rotatable bonds is 22. The molecule has 0 radical (unpaired) electrons. The predicted molar refractivity (Wildman–Crippen MR) is 149 cm³/mol. The number of hydrogen-bond donors (Lipinski definition) is 1. The summed E-state index contributed by atoms with van der Waals surface area (Å²) < 4.78 is 0. The van der Waals surface area contributed by atoms with Crippen molar-refractivity contribution in [3.8, 4) is 5.75 Å². The number of benzene rings is 1. The third-order valence-corrected chi connectivity index (χ3v) is 12.1. The molecule has 1 aromatic carbocycles. The summed E-state index contributed by atoms with van der Waals surface area (Å²) in [5.41, 5.74) is 0. The van der Waals surface area contributed by atoms with Crippen LogP contribution in [-0.2, 0) is 21.1 Å². The van der Waals surface area contributed by atoms with Crippen molar-refractivity contribution in [2.75, 3.05) is 18.5 Å². The molecular weight excluding hydrogens is 591 g/mol. The molecule has 1 rings (SSSR count). The first-order valence-electron chi connectivity index (χ1n) is 14.3. The number of aromatic hydroxyl groups is 1. The summed E-state index contributed by atoms with van der Waals surface area (Å²) in [6.45, 7) is 6.92. The standard InChI is InChI=1S/C30H55OP.W/c1-4-7-10-13-16-19-26-32(27-20-17-14-11-8-5-2,28-21-18-15-12-9-6-3)30-24-22-29(31)23-25-30;/h22-25H,4-21,26-28H2,1-3H3;/p+1. The maximum Gasteiger partial charge on any atom is 0.115 e. The molecule has 0 aliphatic carbocycles. The van der Waals surface area contributed by atoms with Crippen LogP contribution in [0.2, 0.25) is 0 Å². The molecule has 0 atom stereocenters. The quantitative estimate of drug-likeness (QED) is 0.0981. The molecule has 1 N–H and O–H groups in total. The smallest absolute Gasteiger partial charge is 0.115 e. The Balaban J connectivity index is 0.0000102. The summed E-state index contributed by atoms with van der Waals surface area (Å²) in [4.78, 5) is 0. The van der Waals surface area contributed by atoms with Gasteiger partial charge in [0.15, 0.2) is 0 Å². The van der Waals surface area contributed by atoms with Crippen molar-refractivity contribution in [1.82, 2.24) is 0 Å². The number of unbranched alkanes of at least 4 members (excludes halogenated alkanes) is 15. The van der Waals surface area contributed by atoms with Gasteiger partial charge in [-0.1, -0.05) is 97.8 Å². The van der Waals surface area contributed by atoms with Crippen molar-refractivity contribution in [3.05, 3.63) is 24.3 Å². The first-order valence-corrected chi connectivity index (χ1v) is 16.7. The van der Waals surface area contributed by atoms with Crippen LogP contribution in [0.4, 0.5) is 0 Å². The molecule has 0 amide bonds. The zero-order valence-corrected chi connectivity index (χ0v) is 26.3. The van der Waals surface area contributed by atoms with Crippen LogP contribution in [-0.4, -0.2) is 23.6 Å². The van der Waals surface area contributed by atoms with Gasteiger partial charge in [-0.25, -0.2) is 0 Å². The SMILES string of the molecule is CCCCCCCC[P+](CCCCCCCC)(CCCCCCCC)c1ccc(O)cc1.[W]. The summed E-state index contributed by atoms with van der Waals surface area (Å²) in [5.74, 6) is 0.422. The second-order valence-electron chi connectivity index (χ2n) is 10.1. The Morgan fingerprint density at radius 2 is 0.788 bits per heavy atom. The third-order valence-electron chi connectivity index (χ3n) is 7.22. The van der Waals surface area contributed by atoms with Gasteiger partial charge in [-0.15, -0.1) is 0 Å². The van der Waals surface area contributed by atoms with E-state index in [4.69, 9.17) is 0 Å². The molecule has 0 heterocycles. The van der Waals surface area contributed by atoms with Crippen LogP contribution in [0.1, 0.15) is 136 Å². The van der Waals surface area contributed by atoms with Gasteiger partial charge in [-0.05, 0) is 62.8 Å². The zero-order chi connectivity index (χ0) is 23.3. The molecule has 0 saturated carbocycles. The zero-order valence-electron chi connectivity index (χ0n) is 22.5. The van der Waals surface area contributed by atoms with Crippen molar-refractivity contribution in [3.63, 3.8) is 0 Å². The predicted octanol–water partition coefficient (Wildman–Crippen LogP) is 10.1. The largest absolute Gasteiger partial charge is 0.508 e. The molecule has 192 valence electrons. The molecule has 0 bridgehead atoms. The van der Waals surface area contributed by atoms with E-state index in [0.717, 1.165) is 0 Å². The summed E-state index contributed by atoms with van der Waals surface area (Å²) >= 11 is 0. The monoisotopic (exact) mass is 647 g/mol. The van der Waals surface area contributed by atoms with E-state index >= 15 is 0 Å². The van der Waals surface area contributed by atoms with Crippen LogP contribution in [0, 0.1) is 0 Å². The Morgan fingerprint density at radius 3 is 1.12 bits per heavy atom. The van der Waals surface area contributed by atoms with Gasteiger partial charge in [-0.2, -0.15) is 0 Å². The molecule has 1 nitrogen and oxygen atoms in total. The molecule has 0 spiro atoms. The molecule has 0 fully saturated rings. The molecule has 0 aliphatic rings. The van der Waals surface area contributed by atoms with E-state index in [2.05, 4.69) is 32.9 Å². The van der Waals surface area contributed by atoms with Crippen LogP contribution in [0.25, 0.3) is 0 Å². The van der Waals surface area contributed by atoms with Gasteiger partial charge in [0, 0.05) is 28.3 Å². The molecule has 1 aromatic rings. The number of phenols is 1. The van der Waals surface area contributed by atoms with E-state index < -0.39 is 7.26 Å². The van der Waals surface area contributed by atoms with Gasteiger partial charge in [-0.3, -0.25) is 0 Å². The van der Waals surface area contributed by atoms with Gasteiger partial charge in [0.25, 0.3) is 0 Å². The van der Waals surface area contributed by atoms with Gasteiger partial charge in [0.05, 0.1) is 23.8 Å². The van der Waals surface area contributed by atoms with Crippen molar-refractivity contribution in [1.29, 1.82) is 0 Å². The number of hydrogen-bond acceptors (Lipinski definition) is 1. The average molecular weight is 648 g/mol. The minimum absolute atomic E-state index is 0. The number of phenolic OH excluding ortho intramolecular Hbond substituents is 1. The first kappa shape index (κ1) is 33.1. The maximum absolute atomic E-state index is 9.92. The summed E-state index contributed by atoms with van der Waals surface area (Å²) in [6, 6.07) is 8.48. The Morgan fingerprint density at radius 1 is 0.485 bits per heavy atom. The summed E-state index contributed by atoms with van der Waals surface area (Å²) in [7, 11) is -1.15. The van der Waals surface area contributed by atoms with Crippen LogP contribution >= 0.6 is 7.26 Å². The Labute approximate surface area is 222 Å². The van der Waals surface area contributed by atoms with Gasteiger partial charge in [0.1, 0.15) is 5.75 Å². The summed E-state index contributed by atoms with van der Waals surface area (Å²) in [6.07, 6.45) is 29.4. The van der Waals surface area contributed by atoms with Gasteiger partial charge < -0.3 is 5.11 Å². The maximum atomic E-state index is 9.92. The molecule has 3 heteroatoms. The van der Waals surface area contributed by atoms with Crippen molar-refractivity contribution < 1.29 is 26.2 Å². The van der Waals surface area contributed by atoms with E-state index in [1.165, 1.54) is 134 Å². The Hall–Kier alpha value is 0.138. The van der Waals surface area contributed by atoms with Gasteiger partial charge in [0.2, 0.25) is 0 Å². The third kappa shape index (κ3) is 15.7. The van der Waals surface area contributed by atoms with E-state index in [-0.39, 0.29) is 21.1 Å². The minimum atomic E-state index is -1.15. The summed E-state index contributed by atoms with van der Waals surface area (Å²) in [5, 5.41) is 11.5. The van der Waals surface area contributed by atoms with Crippen molar-refractivity contribution in [2.45, 2.75) is 136 Å². The average Bonchev–Trinajstić information content (AvgIpc) is 2.80. The molecule has 0 aliphatic heterocycles. The van der Waals surface area contributed by atoms with Crippen LogP contribution in [0.15, 0.2) is 24.3 Å². The van der Waals surface area contributed by atoms with Gasteiger partial charge >= 0.3 is 0 Å². The molecule has 0 unspecified atom stereocenters. The van der Waals surface area contributed by atoms with E-state index in [9.17, 15) is 5.11 Å². The normalized spacial score (nSPS) is 11.5. The van der Waals surface area contributed by atoms with Crippen LogP contribution in [0.5, 0.6) is 5.75 Å². The van der Waals surface area contributed by atoms with E-state index in [1.54, 1.807) is 5.30 Å². The fourth-order valence-corrected chi connectivity index (χ4v) is 9.79. The fourth-order valence-electron chi connectivity index (χ4n) is 5.08. The Bertz CT molecular complexity index is 490. The topological polar surface area (TPSA) is 20.2 Å². The van der Waals surface area contributed by atoms with E-state index in [0.29, 0.717) is 5.75 Å². The van der Waals surface area contributed by atoms with Crippen molar-refractivity contribution in [2.24, 2.45) is 0 Å². The molecule has 0 saturated heterocycles. The second-order valence-corrected chi connectivity index (χ2v) is 14.3. The second kappa shape index (κ2) is 22.6. The van der Waals surface area contributed by atoms with Crippen LogP contribution < -0.4 is 5.30 Å². The van der Waals surface area contributed by atoms with Crippen molar-refractivity contribution >= 4 is 12.6 Å². The fraction of sp³-hybridized carbons (Fsp3) is 0.800.